The molecule has 15 heavy (non-hydrogen) atoms. The van der Waals surface area contributed by atoms with E-state index in [1.165, 1.54) is 12.0 Å². The topological polar surface area (TPSA) is 0 Å². The van der Waals surface area contributed by atoms with Crippen LogP contribution in [-0.2, 0) is 0 Å². The third-order valence-corrected chi connectivity index (χ3v) is 4.45. The molecular formula is C15H18. The van der Waals surface area contributed by atoms with Crippen molar-refractivity contribution in [1.82, 2.24) is 0 Å². The first-order chi connectivity index (χ1) is 7.27. The van der Waals surface area contributed by atoms with Gasteiger partial charge >= 0.3 is 0 Å². The summed E-state index contributed by atoms with van der Waals surface area (Å²) in [7, 11) is 0. The summed E-state index contributed by atoms with van der Waals surface area (Å²) in [6.07, 6.45) is 6.13. The van der Waals surface area contributed by atoms with Gasteiger partial charge in [0.15, 0.2) is 0 Å². The van der Waals surface area contributed by atoms with Crippen LogP contribution in [0, 0.1) is 17.8 Å². The molecule has 4 unspecified atom stereocenters. The summed E-state index contributed by atoms with van der Waals surface area (Å²) in [5.74, 6) is 3.28. The van der Waals surface area contributed by atoms with Crippen LogP contribution in [0.15, 0.2) is 30.3 Å². The summed E-state index contributed by atoms with van der Waals surface area (Å²) in [5.41, 5.74) is 3.03. The normalized spacial score (nSPS) is 37.5. The highest BCUT2D eigenvalue weighted by Gasteiger charge is 2.39. The highest BCUT2D eigenvalue weighted by atomic mass is 14.4. The minimum Gasteiger partial charge on any atom is -0.0802 e. The predicted octanol–water partition coefficient (Wildman–Crippen LogP) is 4.09. The van der Waals surface area contributed by atoms with Crippen LogP contribution >= 0.6 is 0 Å². The summed E-state index contributed by atoms with van der Waals surface area (Å²) >= 11 is 0. The van der Waals surface area contributed by atoms with Crippen molar-refractivity contribution in [1.29, 1.82) is 0 Å². The van der Waals surface area contributed by atoms with Gasteiger partial charge in [-0.1, -0.05) is 50.3 Å². The van der Waals surface area contributed by atoms with Crippen molar-refractivity contribution in [2.24, 2.45) is 17.8 Å². The number of hydrogen-bond donors (Lipinski definition) is 0. The summed E-state index contributed by atoms with van der Waals surface area (Å²) in [6, 6.07) is 8.90. The number of fused-ring (bicyclic) bond motifs is 3. The molecule has 0 nitrogen and oxygen atoms in total. The fourth-order valence-electron chi connectivity index (χ4n) is 3.44. The Labute approximate surface area is 92.0 Å². The van der Waals surface area contributed by atoms with Crippen LogP contribution < -0.4 is 0 Å². The lowest BCUT2D eigenvalue weighted by molar-refractivity contribution is 0.417. The average Bonchev–Trinajstić information content (AvgIpc) is 2.55. The van der Waals surface area contributed by atoms with Gasteiger partial charge in [0.1, 0.15) is 0 Å². The van der Waals surface area contributed by atoms with E-state index in [1.54, 1.807) is 5.56 Å². The van der Waals surface area contributed by atoms with Crippen molar-refractivity contribution >= 4 is 6.08 Å². The molecule has 0 amide bonds. The molecule has 1 fully saturated rings. The van der Waals surface area contributed by atoms with E-state index in [1.807, 2.05) is 0 Å². The number of benzene rings is 1. The molecule has 4 atom stereocenters. The molecule has 2 aliphatic rings. The molecular weight excluding hydrogens is 180 g/mol. The van der Waals surface area contributed by atoms with Crippen LogP contribution in [0.4, 0.5) is 0 Å². The lowest BCUT2D eigenvalue weighted by atomic mass is 9.77. The number of hydrogen-bond acceptors (Lipinski definition) is 0. The van der Waals surface area contributed by atoms with Crippen LogP contribution in [0.2, 0.25) is 0 Å². The van der Waals surface area contributed by atoms with Crippen molar-refractivity contribution in [2.45, 2.75) is 26.2 Å². The van der Waals surface area contributed by atoms with Gasteiger partial charge in [-0.25, -0.2) is 0 Å². The Bertz CT molecular complexity index is 402. The van der Waals surface area contributed by atoms with Crippen molar-refractivity contribution in [3.05, 3.63) is 41.5 Å². The Kier molecular flexibility index (Phi) is 1.98. The second kappa shape index (κ2) is 3.23. The van der Waals surface area contributed by atoms with Gasteiger partial charge in [-0.3, -0.25) is 0 Å². The fraction of sp³-hybridized carbons (Fsp3) is 0.467. The van der Waals surface area contributed by atoms with Crippen LogP contribution in [0.25, 0.3) is 6.08 Å². The van der Waals surface area contributed by atoms with E-state index in [9.17, 15) is 0 Å². The highest BCUT2D eigenvalue weighted by molar-refractivity contribution is 5.59. The van der Waals surface area contributed by atoms with Crippen LogP contribution in [0.3, 0.4) is 0 Å². The molecule has 0 spiro atoms. The molecule has 0 heterocycles. The highest BCUT2D eigenvalue weighted by Crippen LogP contribution is 2.50. The van der Waals surface area contributed by atoms with Crippen LogP contribution in [0.1, 0.15) is 37.3 Å². The Morgan fingerprint density at radius 3 is 2.80 bits per heavy atom. The Morgan fingerprint density at radius 2 is 1.93 bits per heavy atom. The lowest BCUT2D eigenvalue weighted by Crippen LogP contribution is -2.14. The standard InChI is InChI=1S/C15H18/c1-10-9-13-8-7-12-5-3-4-6-14(12)15(13)11(10)2/h3-8,10-11,13,15H,9H2,1-2H3. The third-order valence-electron chi connectivity index (χ3n) is 4.45. The number of allylic oxidation sites excluding steroid dienone is 1. The minimum atomic E-state index is 0.779. The molecule has 3 rings (SSSR count). The van der Waals surface area contributed by atoms with Gasteiger partial charge in [0.05, 0.1) is 0 Å². The van der Waals surface area contributed by atoms with Gasteiger partial charge in [-0.2, -0.15) is 0 Å². The van der Waals surface area contributed by atoms with E-state index in [4.69, 9.17) is 0 Å². The Morgan fingerprint density at radius 1 is 1.13 bits per heavy atom. The zero-order chi connectivity index (χ0) is 10.4. The first kappa shape index (κ1) is 9.21. The first-order valence-electron chi connectivity index (χ1n) is 6.04. The average molecular weight is 198 g/mol. The summed E-state index contributed by atoms with van der Waals surface area (Å²) < 4.78 is 0. The quantitative estimate of drug-likeness (QED) is 0.589. The van der Waals surface area contributed by atoms with Crippen molar-refractivity contribution < 1.29 is 0 Å². The zero-order valence-electron chi connectivity index (χ0n) is 9.48. The minimum absolute atomic E-state index is 0.779. The van der Waals surface area contributed by atoms with Crippen molar-refractivity contribution in [3.63, 3.8) is 0 Å². The van der Waals surface area contributed by atoms with Gasteiger partial charge in [-0.15, -0.1) is 0 Å². The van der Waals surface area contributed by atoms with Gasteiger partial charge in [0.2, 0.25) is 0 Å². The first-order valence-corrected chi connectivity index (χ1v) is 6.04. The SMILES string of the molecule is CC1CC2C=Cc3ccccc3C2C1C. The molecule has 78 valence electrons. The third kappa shape index (κ3) is 1.27. The molecule has 0 saturated heterocycles. The van der Waals surface area contributed by atoms with Crippen molar-refractivity contribution in [3.8, 4) is 0 Å². The molecule has 0 N–H and O–H groups in total. The maximum atomic E-state index is 2.44. The molecule has 1 aromatic carbocycles. The lowest BCUT2D eigenvalue weighted by Gasteiger charge is -2.27. The van der Waals surface area contributed by atoms with E-state index in [-0.39, 0.29) is 0 Å². The predicted molar refractivity (Wildman–Crippen MR) is 64.7 cm³/mol. The fourth-order valence-corrected chi connectivity index (χ4v) is 3.44. The van der Waals surface area contributed by atoms with Gasteiger partial charge in [0.25, 0.3) is 0 Å². The maximum Gasteiger partial charge on any atom is -0.00646 e. The van der Waals surface area contributed by atoms with E-state index in [0.29, 0.717) is 0 Å². The number of rotatable bonds is 0. The molecule has 1 saturated carbocycles. The molecule has 0 bridgehead atoms. The summed E-state index contributed by atoms with van der Waals surface area (Å²) in [6.45, 7) is 4.82. The molecule has 0 radical (unpaired) electrons. The summed E-state index contributed by atoms with van der Waals surface area (Å²) in [5, 5.41) is 0. The molecule has 0 aliphatic heterocycles. The maximum absolute atomic E-state index is 2.44. The Balaban J connectivity index is 2.10. The molecule has 2 aliphatic carbocycles. The van der Waals surface area contributed by atoms with Crippen LogP contribution in [-0.4, -0.2) is 0 Å². The largest absolute Gasteiger partial charge is 0.0802 e. The molecule has 0 aromatic heterocycles. The smallest absolute Gasteiger partial charge is 0.00646 e. The van der Waals surface area contributed by atoms with Crippen molar-refractivity contribution in [2.75, 3.05) is 0 Å². The summed E-state index contributed by atoms with van der Waals surface area (Å²) in [4.78, 5) is 0. The zero-order valence-corrected chi connectivity index (χ0v) is 9.48. The second-order valence-electron chi connectivity index (χ2n) is 5.25. The second-order valence-corrected chi connectivity index (χ2v) is 5.25. The Hall–Kier alpha value is -1.04. The van der Waals surface area contributed by atoms with E-state index in [0.717, 1.165) is 23.7 Å². The van der Waals surface area contributed by atoms with Gasteiger partial charge in [-0.05, 0) is 41.2 Å². The van der Waals surface area contributed by atoms with Gasteiger partial charge < -0.3 is 0 Å². The molecule has 0 heteroatoms. The van der Waals surface area contributed by atoms with E-state index >= 15 is 0 Å². The van der Waals surface area contributed by atoms with Crippen LogP contribution in [0.5, 0.6) is 0 Å². The van der Waals surface area contributed by atoms with Gasteiger partial charge in [0, 0.05) is 0 Å². The van der Waals surface area contributed by atoms with E-state index < -0.39 is 0 Å². The van der Waals surface area contributed by atoms with E-state index in [2.05, 4.69) is 50.3 Å². The monoisotopic (exact) mass is 198 g/mol. The molecule has 1 aromatic rings.